The Labute approximate surface area is 180 Å². The molecule has 1 aliphatic carbocycles. The fourth-order valence-corrected chi connectivity index (χ4v) is 4.17. The third kappa shape index (κ3) is 3.80. The molecule has 152 valence electrons. The topological polar surface area (TPSA) is 62.2 Å². The molecule has 1 heterocycles. The van der Waals surface area contributed by atoms with Gasteiger partial charge in [-0.15, -0.1) is 0 Å². The summed E-state index contributed by atoms with van der Waals surface area (Å²) < 4.78 is 5.86. The van der Waals surface area contributed by atoms with E-state index >= 15 is 0 Å². The molecule has 3 aromatic carbocycles. The molecule has 1 aliphatic rings. The van der Waals surface area contributed by atoms with Crippen LogP contribution in [0.15, 0.2) is 78.9 Å². The molecule has 1 aromatic heterocycles. The van der Waals surface area contributed by atoms with Crippen LogP contribution in [0.5, 0.6) is 11.5 Å². The minimum Gasteiger partial charge on any atom is -0.545 e. The van der Waals surface area contributed by atoms with E-state index in [0.29, 0.717) is 17.3 Å². The number of ether oxygens (including phenoxy) is 1. The summed E-state index contributed by atoms with van der Waals surface area (Å²) in [6.07, 6.45) is 4.52. The fourth-order valence-electron chi connectivity index (χ4n) is 4.17. The smallest absolute Gasteiger partial charge is 0.127 e. The average Bonchev–Trinajstić information content (AvgIpc) is 2.79. The number of carbonyl (C=O) groups is 1. The summed E-state index contributed by atoms with van der Waals surface area (Å²) in [5.41, 5.74) is 4.58. The van der Waals surface area contributed by atoms with Crippen LogP contribution in [0.4, 0.5) is 0 Å². The maximum Gasteiger partial charge on any atom is 0.127 e. The van der Waals surface area contributed by atoms with Gasteiger partial charge in [-0.05, 0) is 72.4 Å². The molecule has 0 N–H and O–H groups in total. The van der Waals surface area contributed by atoms with Crippen LogP contribution in [0, 0.1) is 0 Å². The van der Waals surface area contributed by atoms with Crippen molar-refractivity contribution in [3.63, 3.8) is 0 Å². The first-order valence-electron chi connectivity index (χ1n) is 10.4. The van der Waals surface area contributed by atoms with E-state index in [-0.39, 0.29) is 5.56 Å². The van der Waals surface area contributed by atoms with E-state index in [1.807, 2.05) is 72.8 Å². The number of fused-ring (bicyclic) bond motifs is 2. The second kappa shape index (κ2) is 8.07. The van der Waals surface area contributed by atoms with Gasteiger partial charge in [-0.2, -0.15) is 0 Å². The van der Waals surface area contributed by atoms with Gasteiger partial charge in [0.15, 0.2) is 0 Å². The number of nitrogens with zero attached hydrogens (tertiary/aromatic N) is 1. The van der Waals surface area contributed by atoms with Crippen molar-refractivity contribution in [3.05, 3.63) is 101 Å². The first-order chi connectivity index (χ1) is 15.2. The molecule has 0 aliphatic heterocycles. The number of carbonyl (C=O) groups excluding carboxylic acids is 1. The summed E-state index contributed by atoms with van der Waals surface area (Å²) in [6, 6.07) is 24.9. The number of carboxylic acids is 1. The quantitative estimate of drug-likeness (QED) is 0.463. The zero-order chi connectivity index (χ0) is 21.2. The molecule has 4 aromatic rings. The van der Waals surface area contributed by atoms with Crippen LogP contribution in [0.1, 0.15) is 40.0 Å². The van der Waals surface area contributed by atoms with Gasteiger partial charge in [-0.1, -0.05) is 48.5 Å². The van der Waals surface area contributed by atoms with Crippen LogP contribution in [-0.2, 0) is 6.42 Å². The molecule has 0 amide bonds. The Bertz CT molecular complexity index is 1290. The van der Waals surface area contributed by atoms with Crippen molar-refractivity contribution in [1.29, 1.82) is 0 Å². The fraction of sp³-hybridized carbons (Fsp3) is 0.111. The number of allylic oxidation sites excluding steroid dienone is 1. The van der Waals surface area contributed by atoms with Crippen molar-refractivity contribution in [2.24, 2.45) is 0 Å². The molecule has 0 unspecified atom stereocenters. The summed E-state index contributed by atoms with van der Waals surface area (Å²) in [5.74, 6) is 0.417. The zero-order valence-electron chi connectivity index (χ0n) is 16.9. The molecule has 0 saturated heterocycles. The predicted molar refractivity (Wildman–Crippen MR) is 120 cm³/mol. The van der Waals surface area contributed by atoms with E-state index in [1.54, 1.807) is 6.07 Å². The standard InChI is InChI=1S/C27H21NO3/c29-27(30)25-22-10-4-5-12-24(22)28-26-19(7-6-11-23(25)26)17-18-13-15-21(16-14-18)31-20-8-2-1-3-9-20/h1-5,8-10,12-17H,6-7,11H2,(H,29,30)/p-1/b19-17+. The van der Waals surface area contributed by atoms with Gasteiger partial charge in [-0.3, -0.25) is 0 Å². The van der Waals surface area contributed by atoms with Crippen molar-refractivity contribution in [2.45, 2.75) is 19.3 Å². The summed E-state index contributed by atoms with van der Waals surface area (Å²) in [4.78, 5) is 16.8. The van der Waals surface area contributed by atoms with Gasteiger partial charge >= 0.3 is 0 Å². The highest BCUT2D eigenvalue weighted by Gasteiger charge is 2.22. The first-order valence-corrected chi connectivity index (χ1v) is 10.4. The number of aromatic nitrogens is 1. The summed E-state index contributed by atoms with van der Waals surface area (Å²) >= 11 is 0. The van der Waals surface area contributed by atoms with Crippen molar-refractivity contribution in [3.8, 4) is 11.5 Å². The van der Waals surface area contributed by atoms with Crippen molar-refractivity contribution in [1.82, 2.24) is 4.98 Å². The number of rotatable bonds is 4. The van der Waals surface area contributed by atoms with E-state index in [4.69, 9.17) is 9.72 Å². The third-order valence-corrected chi connectivity index (χ3v) is 5.57. The first kappa shape index (κ1) is 19.1. The largest absolute Gasteiger partial charge is 0.545 e. The lowest BCUT2D eigenvalue weighted by Gasteiger charge is -2.23. The van der Waals surface area contributed by atoms with Crippen LogP contribution >= 0.6 is 0 Å². The van der Waals surface area contributed by atoms with Crippen molar-refractivity contribution in [2.75, 3.05) is 0 Å². The molecular formula is C27H20NO3-. The number of pyridine rings is 1. The second-order valence-corrected chi connectivity index (χ2v) is 7.63. The highest BCUT2D eigenvalue weighted by Crippen LogP contribution is 2.36. The van der Waals surface area contributed by atoms with Gasteiger partial charge in [0.25, 0.3) is 0 Å². The molecule has 0 atom stereocenters. The van der Waals surface area contributed by atoms with Crippen LogP contribution < -0.4 is 9.84 Å². The van der Waals surface area contributed by atoms with E-state index in [0.717, 1.165) is 46.7 Å². The molecule has 5 rings (SSSR count). The number of para-hydroxylation sites is 2. The molecule has 0 bridgehead atoms. The van der Waals surface area contributed by atoms with Crippen LogP contribution in [0.2, 0.25) is 0 Å². The van der Waals surface area contributed by atoms with Gasteiger partial charge in [0.2, 0.25) is 0 Å². The summed E-state index contributed by atoms with van der Waals surface area (Å²) in [6.45, 7) is 0. The van der Waals surface area contributed by atoms with Gasteiger partial charge < -0.3 is 14.6 Å². The molecule has 0 saturated carbocycles. The maximum atomic E-state index is 12.0. The summed E-state index contributed by atoms with van der Waals surface area (Å²) in [7, 11) is 0. The molecule has 4 nitrogen and oxygen atoms in total. The Kier molecular flexibility index (Phi) is 4.97. The second-order valence-electron chi connectivity index (χ2n) is 7.63. The highest BCUT2D eigenvalue weighted by atomic mass is 16.5. The minimum absolute atomic E-state index is 0.276. The predicted octanol–water partition coefficient (Wildman–Crippen LogP) is 5.27. The monoisotopic (exact) mass is 406 g/mol. The normalized spacial score (nSPS) is 14.4. The Morgan fingerprint density at radius 2 is 1.58 bits per heavy atom. The Balaban J connectivity index is 1.52. The molecule has 0 spiro atoms. The van der Waals surface area contributed by atoms with Crippen LogP contribution in [0.25, 0.3) is 22.6 Å². The number of aromatic carboxylic acids is 1. The van der Waals surface area contributed by atoms with Crippen LogP contribution in [0.3, 0.4) is 0 Å². The van der Waals surface area contributed by atoms with Crippen molar-refractivity contribution < 1.29 is 14.6 Å². The van der Waals surface area contributed by atoms with E-state index in [2.05, 4.69) is 6.08 Å². The lowest BCUT2D eigenvalue weighted by atomic mass is 9.86. The zero-order valence-corrected chi connectivity index (χ0v) is 16.9. The number of benzene rings is 3. The highest BCUT2D eigenvalue weighted by molar-refractivity contribution is 6.05. The molecule has 0 radical (unpaired) electrons. The van der Waals surface area contributed by atoms with Crippen LogP contribution in [-0.4, -0.2) is 11.0 Å². The maximum absolute atomic E-state index is 12.0. The van der Waals surface area contributed by atoms with E-state index in [1.165, 1.54) is 0 Å². The lowest BCUT2D eigenvalue weighted by molar-refractivity contribution is -0.254. The van der Waals surface area contributed by atoms with Gasteiger partial charge in [0, 0.05) is 10.9 Å². The number of hydrogen-bond donors (Lipinski definition) is 0. The minimum atomic E-state index is -1.14. The lowest BCUT2D eigenvalue weighted by Crippen LogP contribution is -2.26. The summed E-state index contributed by atoms with van der Waals surface area (Å²) in [5, 5.41) is 12.6. The van der Waals surface area contributed by atoms with E-state index in [9.17, 15) is 9.90 Å². The molecule has 4 heteroatoms. The SMILES string of the molecule is O=C([O-])c1c2c(nc3ccccc13)/C(=C/c1ccc(Oc3ccccc3)cc1)CCC2. The van der Waals surface area contributed by atoms with Crippen molar-refractivity contribution >= 4 is 28.5 Å². The molecular weight excluding hydrogens is 386 g/mol. The van der Waals surface area contributed by atoms with Gasteiger partial charge in [0.1, 0.15) is 11.5 Å². The molecule has 0 fully saturated rings. The van der Waals surface area contributed by atoms with Gasteiger partial charge in [-0.25, -0.2) is 4.98 Å². The Hall–Kier alpha value is -3.92. The Morgan fingerprint density at radius 3 is 2.35 bits per heavy atom. The Morgan fingerprint density at radius 1 is 0.871 bits per heavy atom. The number of carboxylic acid groups (broad SMARTS) is 1. The van der Waals surface area contributed by atoms with Gasteiger partial charge in [0.05, 0.1) is 17.2 Å². The van der Waals surface area contributed by atoms with E-state index < -0.39 is 5.97 Å². The number of hydrogen-bond acceptors (Lipinski definition) is 4. The molecule has 31 heavy (non-hydrogen) atoms. The average molecular weight is 406 g/mol. The third-order valence-electron chi connectivity index (χ3n) is 5.57.